The lowest BCUT2D eigenvalue weighted by Crippen LogP contribution is -2.30. The molecule has 1 aromatic rings. The van der Waals surface area contributed by atoms with Crippen LogP contribution >= 0.6 is 15.9 Å². The molecule has 18 heavy (non-hydrogen) atoms. The second kappa shape index (κ2) is 6.95. The van der Waals surface area contributed by atoms with Crippen molar-refractivity contribution in [3.05, 3.63) is 50.6 Å². The predicted octanol–water partition coefficient (Wildman–Crippen LogP) is 1.96. The Morgan fingerprint density at radius 3 is 2.83 bits per heavy atom. The number of pyridine rings is 1. The fourth-order valence-electron chi connectivity index (χ4n) is 1.49. The van der Waals surface area contributed by atoms with Crippen LogP contribution in [0.25, 0.3) is 0 Å². The van der Waals surface area contributed by atoms with E-state index in [4.69, 9.17) is 0 Å². The minimum absolute atomic E-state index is 0.464. The van der Waals surface area contributed by atoms with Gasteiger partial charge in [0.1, 0.15) is 4.60 Å². The van der Waals surface area contributed by atoms with Gasteiger partial charge in [-0.15, -0.1) is 0 Å². The molecule has 98 valence electrons. The van der Waals surface area contributed by atoms with Crippen LogP contribution in [-0.2, 0) is 6.54 Å². The van der Waals surface area contributed by atoms with Crippen molar-refractivity contribution < 1.29 is 4.92 Å². The third kappa shape index (κ3) is 4.33. The molecule has 0 aliphatic rings. The molecule has 1 rings (SSSR count). The molecule has 0 aliphatic carbocycles. The Bertz CT molecular complexity index is 433. The van der Waals surface area contributed by atoms with E-state index < -0.39 is 4.92 Å². The Morgan fingerprint density at radius 1 is 1.67 bits per heavy atom. The number of rotatable bonds is 6. The Kier molecular flexibility index (Phi) is 5.57. The van der Waals surface area contributed by atoms with E-state index in [9.17, 15) is 10.1 Å². The van der Waals surface area contributed by atoms with Crippen molar-refractivity contribution in [2.45, 2.75) is 13.5 Å². The van der Waals surface area contributed by atoms with Gasteiger partial charge in [0, 0.05) is 26.3 Å². The maximum absolute atomic E-state index is 10.5. The first-order valence-electron chi connectivity index (χ1n) is 5.45. The van der Waals surface area contributed by atoms with E-state index in [0.717, 1.165) is 16.4 Å². The predicted molar refractivity (Wildman–Crippen MR) is 72.2 cm³/mol. The first kappa shape index (κ1) is 14.4. The van der Waals surface area contributed by atoms with Crippen LogP contribution in [0.5, 0.6) is 0 Å². The maximum atomic E-state index is 10.5. The Labute approximate surface area is 114 Å². The normalized spacial score (nSPS) is 11.2. The molecule has 0 fully saturated rings. The van der Waals surface area contributed by atoms with E-state index in [0.29, 0.717) is 18.9 Å². The van der Waals surface area contributed by atoms with Crippen molar-refractivity contribution in [3.8, 4) is 0 Å². The number of nitrogens with one attached hydrogen (secondary N) is 1. The first-order chi connectivity index (χ1) is 8.56. The van der Waals surface area contributed by atoms with Gasteiger partial charge in [0.05, 0.1) is 4.92 Å². The Balaban J connectivity index is 2.83. The third-order valence-corrected chi connectivity index (χ3v) is 2.84. The third-order valence-electron chi connectivity index (χ3n) is 2.37. The lowest BCUT2D eigenvalue weighted by Gasteiger charge is -2.23. The van der Waals surface area contributed by atoms with Gasteiger partial charge in [0.15, 0.2) is 5.82 Å². The molecule has 0 aromatic carbocycles. The van der Waals surface area contributed by atoms with Crippen molar-refractivity contribution >= 4 is 15.9 Å². The highest BCUT2D eigenvalue weighted by atomic mass is 79.9. The summed E-state index contributed by atoms with van der Waals surface area (Å²) in [6, 6.07) is 3.78. The van der Waals surface area contributed by atoms with Crippen LogP contribution in [0, 0.1) is 10.1 Å². The molecule has 0 amide bonds. The number of nitrogens with zero attached hydrogens (tertiary/aromatic N) is 3. The number of hydrogen-bond acceptors (Lipinski definition) is 5. The summed E-state index contributed by atoms with van der Waals surface area (Å²) < 4.78 is 0.768. The molecule has 0 aliphatic heterocycles. The number of nitro groups is 1. The number of aromatic nitrogens is 1. The van der Waals surface area contributed by atoms with Crippen LogP contribution in [0.2, 0.25) is 0 Å². The van der Waals surface area contributed by atoms with Gasteiger partial charge in [-0.05, 0) is 34.5 Å². The summed E-state index contributed by atoms with van der Waals surface area (Å²) in [5, 5.41) is 13.4. The van der Waals surface area contributed by atoms with Crippen LogP contribution in [0.1, 0.15) is 12.5 Å². The van der Waals surface area contributed by atoms with Crippen molar-refractivity contribution in [2.75, 3.05) is 13.6 Å². The lowest BCUT2D eigenvalue weighted by molar-refractivity contribution is -0.404. The topological polar surface area (TPSA) is 71.3 Å². The molecule has 1 heterocycles. The minimum atomic E-state index is -0.464. The van der Waals surface area contributed by atoms with E-state index in [2.05, 4.69) is 26.2 Å². The molecule has 0 atom stereocenters. The minimum Gasteiger partial charge on any atom is -0.370 e. The molecule has 0 radical (unpaired) electrons. The fraction of sp³-hybridized carbons (Fsp3) is 0.364. The first-order valence-corrected chi connectivity index (χ1v) is 6.24. The largest absolute Gasteiger partial charge is 0.370 e. The van der Waals surface area contributed by atoms with Crippen molar-refractivity contribution in [1.82, 2.24) is 15.2 Å². The van der Waals surface area contributed by atoms with Crippen LogP contribution in [-0.4, -0.2) is 28.4 Å². The standard InChI is InChI=1S/C11H15BrN4O2/c1-3-15(11(13-2)8-16(17)18)7-9-4-5-10(12)14-6-9/h4-6,8,13H,3,7H2,1-2H3/b11-8-. The summed E-state index contributed by atoms with van der Waals surface area (Å²) in [5.74, 6) is 0.477. The molecule has 0 bridgehead atoms. The van der Waals surface area contributed by atoms with Crippen molar-refractivity contribution in [2.24, 2.45) is 0 Å². The van der Waals surface area contributed by atoms with Crippen LogP contribution in [0.4, 0.5) is 0 Å². The fourth-order valence-corrected chi connectivity index (χ4v) is 1.73. The van der Waals surface area contributed by atoms with Gasteiger partial charge in [0.25, 0.3) is 6.20 Å². The summed E-state index contributed by atoms with van der Waals surface area (Å²) in [6.07, 6.45) is 2.71. The molecule has 0 saturated heterocycles. The summed E-state index contributed by atoms with van der Waals surface area (Å²) in [6.45, 7) is 3.17. The van der Waals surface area contributed by atoms with E-state index in [-0.39, 0.29) is 0 Å². The second-order valence-corrected chi connectivity index (χ2v) is 4.37. The van der Waals surface area contributed by atoms with Gasteiger partial charge in [-0.2, -0.15) is 0 Å². The van der Waals surface area contributed by atoms with Crippen molar-refractivity contribution in [3.63, 3.8) is 0 Å². The zero-order chi connectivity index (χ0) is 13.5. The Morgan fingerprint density at radius 2 is 2.39 bits per heavy atom. The van der Waals surface area contributed by atoms with Crippen LogP contribution in [0.15, 0.2) is 35.0 Å². The molecular formula is C11H15BrN4O2. The Hall–Kier alpha value is -1.63. The maximum Gasteiger partial charge on any atom is 0.274 e. The summed E-state index contributed by atoms with van der Waals surface area (Å²) >= 11 is 3.27. The molecule has 1 N–H and O–H groups in total. The lowest BCUT2D eigenvalue weighted by atomic mass is 10.2. The number of hydrogen-bond donors (Lipinski definition) is 1. The zero-order valence-electron chi connectivity index (χ0n) is 10.3. The monoisotopic (exact) mass is 314 g/mol. The zero-order valence-corrected chi connectivity index (χ0v) is 11.8. The highest BCUT2D eigenvalue weighted by Crippen LogP contribution is 2.11. The van der Waals surface area contributed by atoms with Gasteiger partial charge in [-0.25, -0.2) is 4.98 Å². The quantitative estimate of drug-likeness (QED) is 0.494. The van der Waals surface area contributed by atoms with Gasteiger partial charge < -0.3 is 10.2 Å². The van der Waals surface area contributed by atoms with Crippen molar-refractivity contribution in [1.29, 1.82) is 0 Å². The van der Waals surface area contributed by atoms with Gasteiger partial charge >= 0.3 is 0 Å². The van der Waals surface area contributed by atoms with Gasteiger partial charge in [-0.3, -0.25) is 10.1 Å². The summed E-state index contributed by atoms with van der Waals surface area (Å²) in [4.78, 5) is 16.1. The highest BCUT2D eigenvalue weighted by molar-refractivity contribution is 9.10. The molecule has 1 aromatic heterocycles. The number of halogens is 1. The van der Waals surface area contributed by atoms with E-state index >= 15 is 0 Å². The van der Waals surface area contributed by atoms with E-state index in [1.807, 2.05) is 24.0 Å². The molecule has 0 unspecified atom stereocenters. The second-order valence-electron chi connectivity index (χ2n) is 3.55. The average molecular weight is 315 g/mol. The smallest absolute Gasteiger partial charge is 0.274 e. The molecule has 6 nitrogen and oxygen atoms in total. The molecular weight excluding hydrogens is 300 g/mol. The van der Waals surface area contributed by atoms with E-state index in [1.165, 1.54) is 0 Å². The SMILES string of the molecule is CCN(Cc1ccc(Br)nc1)/C(=C\[N+](=O)[O-])NC. The summed E-state index contributed by atoms with van der Waals surface area (Å²) in [7, 11) is 1.66. The average Bonchev–Trinajstić information content (AvgIpc) is 2.35. The van der Waals surface area contributed by atoms with Crippen LogP contribution < -0.4 is 5.32 Å². The van der Waals surface area contributed by atoms with Gasteiger partial charge in [-0.1, -0.05) is 6.07 Å². The van der Waals surface area contributed by atoms with Crippen LogP contribution in [0.3, 0.4) is 0 Å². The van der Waals surface area contributed by atoms with Gasteiger partial charge in [0.2, 0.25) is 0 Å². The summed E-state index contributed by atoms with van der Waals surface area (Å²) in [5.41, 5.74) is 0.990. The molecule has 7 heteroatoms. The molecule has 0 spiro atoms. The molecule has 0 saturated carbocycles. The van der Waals surface area contributed by atoms with E-state index in [1.54, 1.807) is 13.2 Å². The highest BCUT2D eigenvalue weighted by Gasteiger charge is 2.10.